The molecule has 0 fully saturated rings. The van der Waals surface area contributed by atoms with E-state index in [4.69, 9.17) is 9.47 Å². The Bertz CT molecular complexity index is 1530. The summed E-state index contributed by atoms with van der Waals surface area (Å²) in [5.41, 5.74) is 2.04. The predicted molar refractivity (Wildman–Crippen MR) is 138 cm³/mol. The van der Waals surface area contributed by atoms with Crippen LogP contribution in [0.4, 0.5) is 0 Å². The van der Waals surface area contributed by atoms with E-state index in [1.807, 2.05) is 0 Å². The Morgan fingerprint density at radius 3 is 1.85 bits per heavy atom. The van der Waals surface area contributed by atoms with E-state index in [1.54, 1.807) is 30.3 Å². The number of benzene rings is 4. The minimum atomic E-state index is -1.27. The first-order chi connectivity index (χ1) is 18.7. The van der Waals surface area contributed by atoms with Crippen molar-refractivity contribution >= 4 is 0 Å². The highest BCUT2D eigenvalue weighted by Gasteiger charge is 2.44. The van der Waals surface area contributed by atoms with Gasteiger partial charge in [-0.25, -0.2) is 0 Å². The zero-order chi connectivity index (χ0) is 27.4. The number of hydrogen-bond acceptors (Lipinski definition) is 9. The second kappa shape index (κ2) is 9.30. The molecule has 0 radical (unpaired) electrons. The molecule has 0 aromatic heterocycles. The molecule has 4 aromatic carbocycles. The molecule has 2 heterocycles. The highest BCUT2D eigenvalue weighted by Crippen LogP contribution is 2.55. The van der Waals surface area contributed by atoms with E-state index < -0.39 is 30.3 Å². The molecule has 2 aliphatic heterocycles. The number of aliphatic hydroxyl groups is 2. The highest BCUT2D eigenvalue weighted by atomic mass is 16.5. The standard InChI is InChI=1S/C30H26O9/c31-16-5-1-14(2-6-16)28-23(36)12-20-21(34)13-22(35)26(30(20)39-28)25-19-10-9-18(33)11-24(19)38-29(27(25)37)15-3-7-17(32)8-4-15/h1-11,13,23,25,27-29,31-37H,12H2/t23-,25+,27+,28+,29-/m1/s1. The quantitative estimate of drug-likeness (QED) is 0.209. The summed E-state index contributed by atoms with van der Waals surface area (Å²) in [6.45, 7) is 0. The molecule has 0 aliphatic carbocycles. The topological polar surface area (TPSA) is 160 Å². The van der Waals surface area contributed by atoms with Crippen LogP contribution in [0.3, 0.4) is 0 Å². The number of fused-ring (bicyclic) bond motifs is 2. The van der Waals surface area contributed by atoms with Gasteiger partial charge in [0.15, 0.2) is 6.10 Å². The van der Waals surface area contributed by atoms with Crippen molar-refractivity contribution < 1.29 is 45.2 Å². The summed E-state index contributed by atoms with van der Waals surface area (Å²) in [5.74, 6) is -1.11. The maximum Gasteiger partial charge on any atom is 0.150 e. The molecule has 200 valence electrons. The molecule has 0 amide bonds. The highest BCUT2D eigenvalue weighted by molar-refractivity contribution is 5.63. The van der Waals surface area contributed by atoms with Crippen LogP contribution in [0.15, 0.2) is 72.8 Å². The first-order valence-electron chi connectivity index (χ1n) is 12.4. The van der Waals surface area contributed by atoms with Gasteiger partial charge < -0.3 is 45.2 Å². The van der Waals surface area contributed by atoms with Crippen LogP contribution in [0.1, 0.15) is 45.9 Å². The molecule has 9 heteroatoms. The molecule has 7 N–H and O–H groups in total. The van der Waals surface area contributed by atoms with E-state index in [2.05, 4.69) is 0 Å². The monoisotopic (exact) mass is 530 g/mol. The smallest absolute Gasteiger partial charge is 0.150 e. The van der Waals surface area contributed by atoms with Crippen molar-refractivity contribution in [3.63, 3.8) is 0 Å². The van der Waals surface area contributed by atoms with Crippen LogP contribution in [-0.2, 0) is 6.42 Å². The van der Waals surface area contributed by atoms with Crippen molar-refractivity contribution in [2.24, 2.45) is 0 Å². The van der Waals surface area contributed by atoms with Crippen molar-refractivity contribution in [1.82, 2.24) is 0 Å². The summed E-state index contributed by atoms with van der Waals surface area (Å²) in [4.78, 5) is 0. The van der Waals surface area contributed by atoms with Gasteiger partial charge in [-0.2, -0.15) is 0 Å². The number of aromatic hydroxyl groups is 5. The van der Waals surface area contributed by atoms with Crippen molar-refractivity contribution in [3.05, 3.63) is 101 Å². The van der Waals surface area contributed by atoms with Gasteiger partial charge in [-0.15, -0.1) is 0 Å². The average molecular weight is 531 g/mol. The lowest BCUT2D eigenvalue weighted by Crippen LogP contribution is -2.36. The molecular formula is C30H26O9. The van der Waals surface area contributed by atoms with Crippen LogP contribution in [-0.4, -0.2) is 48.0 Å². The normalized spacial score (nSPS) is 23.7. The summed E-state index contributed by atoms with van der Waals surface area (Å²) in [6.07, 6.45) is -4.14. The van der Waals surface area contributed by atoms with Crippen molar-refractivity contribution in [2.45, 2.75) is 36.8 Å². The fourth-order valence-electron chi connectivity index (χ4n) is 5.50. The molecule has 9 nitrogen and oxygen atoms in total. The summed E-state index contributed by atoms with van der Waals surface area (Å²) in [7, 11) is 0. The second-order valence-electron chi connectivity index (χ2n) is 9.86. The fraction of sp³-hybridized carbons (Fsp3) is 0.200. The maximum atomic E-state index is 11.7. The second-order valence-corrected chi connectivity index (χ2v) is 9.86. The molecule has 5 atom stereocenters. The molecule has 2 aliphatic rings. The molecule has 0 saturated carbocycles. The minimum absolute atomic E-state index is 0.00311. The molecule has 4 aromatic rings. The largest absolute Gasteiger partial charge is 0.508 e. The first-order valence-corrected chi connectivity index (χ1v) is 12.4. The van der Waals surface area contributed by atoms with Crippen LogP contribution in [0.5, 0.6) is 40.2 Å². The third-order valence-corrected chi connectivity index (χ3v) is 7.38. The first kappa shape index (κ1) is 24.7. The molecule has 0 unspecified atom stereocenters. The fourth-order valence-corrected chi connectivity index (χ4v) is 5.50. The molecular weight excluding hydrogens is 504 g/mol. The van der Waals surface area contributed by atoms with Gasteiger partial charge in [0, 0.05) is 41.2 Å². The number of phenolic OH excluding ortho intramolecular Hbond substituents is 5. The van der Waals surface area contributed by atoms with E-state index in [9.17, 15) is 35.7 Å². The van der Waals surface area contributed by atoms with Gasteiger partial charge in [0.2, 0.25) is 0 Å². The van der Waals surface area contributed by atoms with Crippen LogP contribution in [0.25, 0.3) is 0 Å². The lowest BCUT2D eigenvalue weighted by molar-refractivity contribution is 0.00194. The van der Waals surface area contributed by atoms with Crippen molar-refractivity contribution in [3.8, 4) is 40.2 Å². The molecule has 39 heavy (non-hydrogen) atoms. The molecule has 0 saturated heterocycles. The zero-order valence-corrected chi connectivity index (χ0v) is 20.5. The summed E-state index contributed by atoms with van der Waals surface area (Å²) in [6, 6.07) is 17.9. The van der Waals surface area contributed by atoms with Gasteiger partial charge in [0.25, 0.3) is 0 Å². The maximum absolute atomic E-state index is 11.7. The Balaban J connectivity index is 1.52. The molecule has 6 rings (SSSR count). The van der Waals surface area contributed by atoms with E-state index in [1.165, 1.54) is 36.4 Å². The Kier molecular flexibility index (Phi) is 5.90. The number of hydrogen-bond donors (Lipinski definition) is 7. The van der Waals surface area contributed by atoms with Crippen LogP contribution in [0.2, 0.25) is 0 Å². The minimum Gasteiger partial charge on any atom is -0.508 e. The Morgan fingerprint density at radius 2 is 1.21 bits per heavy atom. The third-order valence-electron chi connectivity index (χ3n) is 7.38. The van der Waals surface area contributed by atoms with Gasteiger partial charge in [-0.05, 0) is 41.5 Å². The van der Waals surface area contributed by atoms with E-state index in [-0.39, 0.29) is 57.8 Å². The molecule has 0 spiro atoms. The van der Waals surface area contributed by atoms with E-state index in [0.717, 1.165) is 6.07 Å². The van der Waals surface area contributed by atoms with Crippen molar-refractivity contribution in [1.29, 1.82) is 0 Å². The number of ether oxygens (including phenoxy) is 2. The number of rotatable bonds is 3. The Labute approximate surface area is 223 Å². The van der Waals surface area contributed by atoms with Crippen LogP contribution < -0.4 is 9.47 Å². The Morgan fingerprint density at radius 1 is 0.615 bits per heavy atom. The SMILES string of the molecule is Oc1ccc([C@H]2Oc3cc(O)ccc3[C@@H](c3c(O)cc(O)c4c3O[C@@H](c3ccc(O)cc3)[C@H](O)C4)[C@@H]2O)cc1. The lowest BCUT2D eigenvalue weighted by atomic mass is 9.78. The third kappa shape index (κ3) is 4.21. The van der Waals surface area contributed by atoms with E-state index in [0.29, 0.717) is 16.7 Å². The van der Waals surface area contributed by atoms with Crippen LogP contribution >= 0.6 is 0 Å². The van der Waals surface area contributed by atoms with Crippen molar-refractivity contribution in [2.75, 3.05) is 0 Å². The number of aliphatic hydroxyl groups excluding tert-OH is 2. The summed E-state index contributed by atoms with van der Waals surface area (Å²) >= 11 is 0. The van der Waals surface area contributed by atoms with Gasteiger partial charge in [-0.3, -0.25) is 0 Å². The Hall–Kier alpha value is -4.60. The lowest BCUT2D eigenvalue weighted by Gasteiger charge is -2.40. The predicted octanol–water partition coefficient (Wildman–Crippen LogP) is 3.88. The van der Waals surface area contributed by atoms with Crippen LogP contribution in [0, 0.1) is 0 Å². The molecule has 0 bridgehead atoms. The van der Waals surface area contributed by atoms with Gasteiger partial charge >= 0.3 is 0 Å². The number of phenols is 5. The summed E-state index contributed by atoms with van der Waals surface area (Å²) < 4.78 is 12.4. The van der Waals surface area contributed by atoms with Gasteiger partial charge in [0.1, 0.15) is 52.5 Å². The van der Waals surface area contributed by atoms with Gasteiger partial charge in [-0.1, -0.05) is 30.3 Å². The average Bonchev–Trinajstić information content (AvgIpc) is 2.91. The zero-order valence-electron chi connectivity index (χ0n) is 20.5. The van der Waals surface area contributed by atoms with E-state index >= 15 is 0 Å². The van der Waals surface area contributed by atoms with Gasteiger partial charge in [0.05, 0.1) is 6.10 Å². The summed E-state index contributed by atoms with van der Waals surface area (Å²) in [5, 5.41) is 74.1.